The van der Waals surface area contributed by atoms with Crippen LogP contribution in [0.5, 0.6) is 0 Å². The van der Waals surface area contributed by atoms with Crippen LogP contribution in [0.15, 0.2) is 24.3 Å². The lowest BCUT2D eigenvalue weighted by atomic mass is 9.91. The molecule has 2 fully saturated rings. The van der Waals surface area contributed by atoms with Gasteiger partial charge >= 0.3 is 6.03 Å². The van der Waals surface area contributed by atoms with Crippen molar-refractivity contribution in [2.24, 2.45) is 0 Å². The predicted molar refractivity (Wildman–Crippen MR) is 82.3 cm³/mol. The topological polar surface area (TPSA) is 82.4 Å². The van der Waals surface area contributed by atoms with Gasteiger partial charge in [0, 0.05) is 6.61 Å². The number of rotatable bonds is 3. The summed E-state index contributed by atoms with van der Waals surface area (Å²) in [6.07, 6.45) is 2.87. The molecule has 0 spiro atoms. The standard InChI is InChI=1S/C17H19N3O3/c1-17(13-7-5-12(10-18)6-8-13)15(21)20(16(22)19-17)11-14-4-2-3-9-23-14/h5-8,14H,2-4,9,11H2,1H3,(H,19,22). The highest BCUT2D eigenvalue weighted by molar-refractivity contribution is 6.07. The van der Waals surface area contributed by atoms with Crippen LogP contribution in [0.3, 0.4) is 0 Å². The third kappa shape index (κ3) is 2.80. The van der Waals surface area contributed by atoms with Gasteiger partial charge in [-0.3, -0.25) is 9.69 Å². The van der Waals surface area contributed by atoms with Crippen molar-refractivity contribution in [2.45, 2.75) is 37.8 Å². The summed E-state index contributed by atoms with van der Waals surface area (Å²) < 4.78 is 5.63. The van der Waals surface area contributed by atoms with Crippen LogP contribution < -0.4 is 5.32 Å². The lowest BCUT2D eigenvalue weighted by molar-refractivity contribution is -0.132. The molecule has 3 rings (SSSR count). The van der Waals surface area contributed by atoms with E-state index in [-0.39, 0.29) is 18.6 Å². The first-order valence-corrected chi connectivity index (χ1v) is 7.81. The highest BCUT2D eigenvalue weighted by Crippen LogP contribution is 2.29. The van der Waals surface area contributed by atoms with Crippen LogP contribution in [-0.4, -0.2) is 36.1 Å². The maximum absolute atomic E-state index is 12.8. The Hall–Kier alpha value is -2.39. The van der Waals surface area contributed by atoms with Crippen molar-refractivity contribution in [3.05, 3.63) is 35.4 Å². The van der Waals surface area contributed by atoms with Crippen molar-refractivity contribution in [3.63, 3.8) is 0 Å². The van der Waals surface area contributed by atoms with Gasteiger partial charge in [0.2, 0.25) is 0 Å². The fourth-order valence-corrected chi connectivity index (χ4v) is 3.09. The molecule has 6 nitrogen and oxygen atoms in total. The van der Waals surface area contributed by atoms with Crippen molar-refractivity contribution in [1.29, 1.82) is 5.26 Å². The van der Waals surface area contributed by atoms with Gasteiger partial charge in [-0.15, -0.1) is 0 Å². The van der Waals surface area contributed by atoms with E-state index in [1.54, 1.807) is 31.2 Å². The number of benzene rings is 1. The zero-order valence-corrected chi connectivity index (χ0v) is 13.0. The summed E-state index contributed by atoms with van der Waals surface area (Å²) >= 11 is 0. The van der Waals surface area contributed by atoms with E-state index >= 15 is 0 Å². The molecule has 0 saturated carbocycles. The number of carbonyl (C=O) groups excluding carboxylic acids is 2. The Balaban J connectivity index is 1.79. The molecule has 0 bridgehead atoms. The smallest absolute Gasteiger partial charge is 0.325 e. The van der Waals surface area contributed by atoms with E-state index < -0.39 is 11.6 Å². The Morgan fingerprint density at radius 3 is 2.70 bits per heavy atom. The average molecular weight is 313 g/mol. The summed E-state index contributed by atoms with van der Waals surface area (Å²) in [5, 5.41) is 11.6. The molecule has 0 aliphatic carbocycles. The molecule has 2 saturated heterocycles. The number of ether oxygens (including phenoxy) is 1. The molecule has 0 radical (unpaired) electrons. The van der Waals surface area contributed by atoms with Crippen LogP contribution in [-0.2, 0) is 15.1 Å². The fraction of sp³-hybridized carbons (Fsp3) is 0.471. The van der Waals surface area contributed by atoms with Crippen LogP contribution in [0.1, 0.15) is 37.3 Å². The second kappa shape index (κ2) is 6.01. The lowest BCUT2D eigenvalue weighted by Gasteiger charge is -2.27. The number of nitrogens with zero attached hydrogens (tertiary/aromatic N) is 2. The molecular formula is C17H19N3O3. The fourth-order valence-electron chi connectivity index (χ4n) is 3.09. The van der Waals surface area contributed by atoms with Gasteiger partial charge in [-0.05, 0) is 43.9 Å². The van der Waals surface area contributed by atoms with Gasteiger partial charge in [0.25, 0.3) is 5.91 Å². The van der Waals surface area contributed by atoms with Gasteiger partial charge in [-0.2, -0.15) is 5.26 Å². The van der Waals surface area contributed by atoms with E-state index in [4.69, 9.17) is 10.00 Å². The van der Waals surface area contributed by atoms with E-state index in [1.807, 2.05) is 6.07 Å². The number of amides is 3. The average Bonchev–Trinajstić information content (AvgIpc) is 2.80. The Bertz CT molecular complexity index is 659. The summed E-state index contributed by atoms with van der Waals surface area (Å²) in [7, 11) is 0. The van der Waals surface area contributed by atoms with E-state index in [1.165, 1.54) is 4.90 Å². The maximum Gasteiger partial charge on any atom is 0.325 e. The van der Waals surface area contributed by atoms with E-state index in [0.29, 0.717) is 17.7 Å². The van der Waals surface area contributed by atoms with Crippen LogP contribution in [0.4, 0.5) is 4.79 Å². The molecule has 1 aromatic carbocycles. The van der Waals surface area contributed by atoms with Gasteiger partial charge in [-0.25, -0.2) is 4.79 Å². The van der Waals surface area contributed by atoms with E-state index in [9.17, 15) is 9.59 Å². The minimum absolute atomic E-state index is 0.0817. The second-order valence-electron chi connectivity index (χ2n) is 6.15. The Kier molecular flexibility index (Phi) is 4.05. The summed E-state index contributed by atoms with van der Waals surface area (Å²) in [6, 6.07) is 8.35. The van der Waals surface area contributed by atoms with Crippen molar-refractivity contribution in [1.82, 2.24) is 10.2 Å². The number of hydrogen-bond donors (Lipinski definition) is 1. The van der Waals surface area contributed by atoms with Gasteiger partial charge in [-0.1, -0.05) is 12.1 Å². The van der Waals surface area contributed by atoms with Gasteiger partial charge in [0.15, 0.2) is 0 Å². The second-order valence-corrected chi connectivity index (χ2v) is 6.15. The van der Waals surface area contributed by atoms with Crippen LogP contribution >= 0.6 is 0 Å². The van der Waals surface area contributed by atoms with E-state index in [0.717, 1.165) is 19.3 Å². The Labute approximate surface area is 135 Å². The largest absolute Gasteiger partial charge is 0.376 e. The molecule has 2 aliphatic heterocycles. The first-order valence-electron chi connectivity index (χ1n) is 7.81. The first-order chi connectivity index (χ1) is 11.0. The quantitative estimate of drug-likeness (QED) is 0.864. The summed E-state index contributed by atoms with van der Waals surface area (Å²) in [5.74, 6) is -0.276. The number of nitriles is 1. The molecule has 1 aromatic rings. The minimum Gasteiger partial charge on any atom is -0.376 e. The SMILES string of the molecule is CC1(c2ccc(C#N)cc2)NC(=O)N(CC2CCCCO2)C1=O. The van der Waals surface area contributed by atoms with Crippen molar-refractivity contribution < 1.29 is 14.3 Å². The van der Waals surface area contributed by atoms with Crippen molar-refractivity contribution in [3.8, 4) is 6.07 Å². The molecule has 120 valence electrons. The van der Waals surface area contributed by atoms with Crippen molar-refractivity contribution in [2.75, 3.05) is 13.2 Å². The highest BCUT2D eigenvalue weighted by atomic mass is 16.5. The molecule has 0 aromatic heterocycles. The monoisotopic (exact) mass is 313 g/mol. The van der Waals surface area contributed by atoms with Crippen molar-refractivity contribution >= 4 is 11.9 Å². The number of urea groups is 1. The first kappa shape index (κ1) is 15.5. The molecule has 2 unspecified atom stereocenters. The molecule has 2 atom stereocenters. The zero-order chi connectivity index (χ0) is 16.4. The minimum atomic E-state index is -1.10. The molecule has 23 heavy (non-hydrogen) atoms. The summed E-state index contributed by atoms with van der Waals surface area (Å²) in [5.41, 5.74) is 0.0863. The normalized spacial score (nSPS) is 27.7. The maximum atomic E-state index is 12.8. The lowest BCUT2D eigenvalue weighted by Crippen LogP contribution is -2.42. The van der Waals surface area contributed by atoms with Crippen LogP contribution in [0.25, 0.3) is 0 Å². The van der Waals surface area contributed by atoms with Crippen LogP contribution in [0.2, 0.25) is 0 Å². The van der Waals surface area contributed by atoms with Gasteiger partial charge < -0.3 is 10.1 Å². The number of carbonyl (C=O) groups is 2. The third-order valence-electron chi connectivity index (χ3n) is 4.53. The molecular weight excluding hydrogens is 294 g/mol. The Morgan fingerprint density at radius 2 is 2.09 bits per heavy atom. The predicted octanol–water partition coefficient (Wildman–Crippen LogP) is 1.89. The molecule has 1 N–H and O–H groups in total. The number of nitrogens with one attached hydrogen (secondary N) is 1. The Morgan fingerprint density at radius 1 is 1.35 bits per heavy atom. The molecule has 2 aliphatic rings. The van der Waals surface area contributed by atoms with Gasteiger partial charge in [0.1, 0.15) is 5.54 Å². The summed E-state index contributed by atoms with van der Waals surface area (Å²) in [6.45, 7) is 2.66. The molecule has 2 heterocycles. The zero-order valence-electron chi connectivity index (χ0n) is 13.0. The molecule has 3 amide bonds. The number of imide groups is 1. The van der Waals surface area contributed by atoms with E-state index in [2.05, 4.69) is 5.32 Å². The number of hydrogen-bond acceptors (Lipinski definition) is 4. The third-order valence-corrected chi connectivity index (χ3v) is 4.53. The van der Waals surface area contributed by atoms with Crippen LogP contribution in [0, 0.1) is 11.3 Å². The molecule has 6 heteroatoms. The highest BCUT2D eigenvalue weighted by Gasteiger charge is 2.49. The van der Waals surface area contributed by atoms with Gasteiger partial charge in [0.05, 0.1) is 24.3 Å². The summed E-state index contributed by atoms with van der Waals surface area (Å²) in [4.78, 5) is 26.3.